The molecule has 18 heavy (non-hydrogen) atoms. The number of para-hydroxylation sites is 1. The van der Waals surface area contributed by atoms with Gasteiger partial charge in [0.1, 0.15) is 0 Å². The summed E-state index contributed by atoms with van der Waals surface area (Å²) in [6.07, 6.45) is 2.29. The van der Waals surface area contributed by atoms with Crippen LogP contribution in [-0.4, -0.2) is 17.4 Å². The van der Waals surface area contributed by atoms with E-state index in [2.05, 4.69) is 11.9 Å². The molecule has 1 aromatic rings. The second-order valence-corrected chi connectivity index (χ2v) is 4.30. The summed E-state index contributed by atoms with van der Waals surface area (Å²) in [5.74, 6) is -0.236. The fraction of sp³-hybridized carbons (Fsp3) is 0.308. The zero-order chi connectivity index (χ0) is 13.1. The van der Waals surface area contributed by atoms with Crippen LogP contribution in [-0.2, 0) is 4.79 Å². The molecule has 1 aliphatic carbocycles. The van der Waals surface area contributed by atoms with Crippen LogP contribution in [0.25, 0.3) is 0 Å². The Morgan fingerprint density at radius 2 is 2.28 bits per heavy atom. The molecule has 0 heterocycles. The number of nitro benzene ring substituents is 1. The Hall–Kier alpha value is -2.17. The van der Waals surface area contributed by atoms with E-state index in [9.17, 15) is 14.9 Å². The van der Waals surface area contributed by atoms with Crippen molar-refractivity contribution in [3.8, 4) is 0 Å². The van der Waals surface area contributed by atoms with Crippen LogP contribution in [0.1, 0.15) is 17.9 Å². The number of hydrogen-bond donors (Lipinski definition) is 1. The van der Waals surface area contributed by atoms with Crippen molar-refractivity contribution in [1.82, 2.24) is 5.32 Å². The summed E-state index contributed by atoms with van der Waals surface area (Å²) in [5, 5.41) is 13.6. The minimum Gasteiger partial charge on any atom is -0.352 e. The highest BCUT2D eigenvalue weighted by Crippen LogP contribution is 2.50. The Balaban J connectivity index is 2.09. The summed E-state index contributed by atoms with van der Waals surface area (Å²) in [6, 6.07) is 6.60. The van der Waals surface area contributed by atoms with Gasteiger partial charge in [0, 0.05) is 30.0 Å². The van der Waals surface area contributed by atoms with Crippen LogP contribution in [0.3, 0.4) is 0 Å². The van der Waals surface area contributed by atoms with E-state index < -0.39 is 4.92 Å². The molecule has 2 rings (SSSR count). The predicted octanol–water partition coefficient (Wildman–Crippen LogP) is 2.00. The second kappa shape index (κ2) is 5.00. The number of carbonyl (C=O) groups is 1. The van der Waals surface area contributed by atoms with E-state index in [4.69, 9.17) is 0 Å². The largest absolute Gasteiger partial charge is 0.352 e. The quantitative estimate of drug-likeness (QED) is 0.490. The second-order valence-electron chi connectivity index (χ2n) is 4.30. The Labute approximate surface area is 105 Å². The van der Waals surface area contributed by atoms with Crippen LogP contribution in [0, 0.1) is 16.0 Å². The zero-order valence-corrected chi connectivity index (χ0v) is 9.83. The van der Waals surface area contributed by atoms with Crippen LogP contribution in [0.2, 0.25) is 0 Å². The molecule has 5 nitrogen and oxygen atoms in total. The monoisotopic (exact) mass is 246 g/mol. The van der Waals surface area contributed by atoms with Gasteiger partial charge in [-0.15, -0.1) is 6.58 Å². The molecular formula is C13H14N2O3. The summed E-state index contributed by atoms with van der Waals surface area (Å²) in [7, 11) is 0. The highest BCUT2D eigenvalue weighted by atomic mass is 16.6. The van der Waals surface area contributed by atoms with Crippen molar-refractivity contribution in [3.63, 3.8) is 0 Å². The van der Waals surface area contributed by atoms with Gasteiger partial charge >= 0.3 is 0 Å². The van der Waals surface area contributed by atoms with Gasteiger partial charge in [-0.1, -0.05) is 24.3 Å². The van der Waals surface area contributed by atoms with Crippen molar-refractivity contribution in [1.29, 1.82) is 0 Å². The summed E-state index contributed by atoms with van der Waals surface area (Å²) < 4.78 is 0. The van der Waals surface area contributed by atoms with E-state index >= 15 is 0 Å². The number of carbonyl (C=O) groups excluding carboxylic acids is 1. The molecule has 1 N–H and O–H groups in total. The zero-order valence-electron chi connectivity index (χ0n) is 9.83. The molecule has 1 aromatic carbocycles. The smallest absolute Gasteiger partial charge is 0.272 e. The molecule has 1 aliphatic rings. The number of rotatable bonds is 5. The third kappa shape index (κ3) is 2.40. The maximum Gasteiger partial charge on any atom is 0.272 e. The molecule has 94 valence electrons. The van der Waals surface area contributed by atoms with Crippen molar-refractivity contribution in [2.75, 3.05) is 6.54 Å². The first kappa shape index (κ1) is 12.3. The van der Waals surface area contributed by atoms with Gasteiger partial charge in [0.05, 0.1) is 4.92 Å². The van der Waals surface area contributed by atoms with E-state index in [1.807, 2.05) is 0 Å². The summed E-state index contributed by atoms with van der Waals surface area (Å²) >= 11 is 0. The van der Waals surface area contributed by atoms with Crippen LogP contribution >= 0.6 is 0 Å². The molecule has 0 aromatic heterocycles. The number of nitrogens with zero attached hydrogens (tertiary/aromatic N) is 1. The molecule has 2 unspecified atom stereocenters. The van der Waals surface area contributed by atoms with Crippen LogP contribution < -0.4 is 5.32 Å². The van der Waals surface area contributed by atoms with Gasteiger partial charge in [0.25, 0.3) is 5.69 Å². The Kier molecular flexibility index (Phi) is 3.41. The van der Waals surface area contributed by atoms with Gasteiger partial charge < -0.3 is 5.32 Å². The molecule has 1 fully saturated rings. The summed E-state index contributed by atoms with van der Waals surface area (Å²) in [5.41, 5.74) is 0.753. The van der Waals surface area contributed by atoms with Crippen LogP contribution in [0.15, 0.2) is 36.9 Å². The standard InChI is InChI=1S/C13H14N2O3/c1-2-7-14-13(16)11-8-10(11)9-5-3-4-6-12(9)15(17)18/h2-6,10-11H,1,7-8H2,(H,14,16). The highest BCUT2D eigenvalue weighted by molar-refractivity contribution is 5.83. The lowest BCUT2D eigenvalue weighted by molar-refractivity contribution is -0.385. The first-order valence-electron chi connectivity index (χ1n) is 5.77. The van der Waals surface area contributed by atoms with Gasteiger partial charge in [0.2, 0.25) is 5.91 Å². The number of nitrogens with one attached hydrogen (secondary N) is 1. The third-order valence-corrected chi connectivity index (χ3v) is 3.08. The molecular weight excluding hydrogens is 232 g/mol. The van der Waals surface area contributed by atoms with Crippen molar-refractivity contribution < 1.29 is 9.72 Å². The molecule has 0 radical (unpaired) electrons. The van der Waals surface area contributed by atoms with E-state index in [0.29, 0.717) is 18.5 Å². The van der Waals surface area contributed by atoms with Crippen molar-refractivity contribution in [3.05, 3.63) is 52.6 Å². The van der Waals surface area contributed by atoms with Gasteiger partial charge in [-0.2, -0.15) is 0 Å². The highest BCUT2D eigenvalue weighted by Gasteiger charge is 2.46. The fourth-order valence-electron chi connectivity index (χ4n) is 2.10. The number of nitro groups is 1. The lowest BCUT2D eigenvalue weighted by atomic mass is 10.1. The summed E-state index contributed by atoms with van der Waals surface area (Å²) in [6.45, 7) is 3.95. The van der Waals surface area contributed by atoms with Gasteiger partial charge in [-0.25, -0.2) is 0 Å². The molecule has 0 bridgehead atoms. The number of amides is 1. The molecule has 2 atom stereocenters. The van der Waals surface area contributed by atoms with E-state index in [1.165, 1.54) is 6.07 Å². The average molecular weight is 246 g/mol. The van der Waals surface area contributed by atoms with E-state index in [1.54, 1.807) is 24.3 Å². The molecule has 1 saturated carbocycles. The normalized spacial score (nSPS) is 21.1. The van der Waals surface area contributed by atoms with Crippen LogP contribution in [0.5, 0.6) is 0 Å². The molecule has 5 heteroatoms. The van der Waals surface area contributed by atoms with E-state index in [-0.39, 0.29) is 23.4 Å². The number of hydrogen-bond acceptors (Lipinski definition) is 3. The van der Waals surface area contributed by atoms with Gasteiger partial charge in [-0.05, 0) is 6.42 Å². The average Bonchev–Trinajstić information content (AvgIpc) is 3.16. The molecule has 1 amide bonds. The Bertz CT molecular complexity index is 499. The Morgan fingerprint density at radius 3 is 2.94 bits per heavy atom. The lowest BCUT2D eigenvalue weighted by Crippen LogP contribution is -2.25. The minimum atomic E-state index is -0.396. The first-order chi connectivity index (χ1) is 8.65. The van der Waals surface area contributed by atoms with Gasteiger partial charge in [-0.3, -0.25) is 14.9 Å². The van der Waals surface area contributed by atoms with Crippen LogP contribution in [0.4, 0.5) is 5.69 Å². The molecule has 0 spiro atoms. The molecule has 0 saturated heterocycles. The third-order valence-electron chi connectivity index (χ3n) is 3.08. The fourth-order valence-corrected chi connectivity index (χ4v) is 2.10. The molecule has 0 aliphatic heterocycles. The SMILES string of the molecule is C=CCNC(=O)C1CC1c1ccccc1[N+](=O)[O-]. The lowest BCUT2D eigenvalue weighted by Gasteiger charge is -2.03. The Morgan fingerprint density at radius 1 is 1.56 bits per heavy atom. The number of benzene rings is 1. The van der Waals surface area contributed by atoms with Gasteiger partial charge in [0.15, 0.2) is 0 Å². The van der Waals surface area contributed by atoms with E-state index in [0.717, 1.165) is 0 Å². The van der Waals surface area contributed by atoms with Crippen molar-refractivity contribution >= 4 is 11.6 Å². The topological polar surface area (TPSA) is 72.2 Å². The maximum atomic E-state index is 11.7. The predicted molar refractivity (Wildman–Crippen MR) is 67.2 cm³/mol. The summed E-state index contributed by atoms with van der Waals surface area (Å²) in [4.78, 5) is 22.2. The first-order valence-corrected chi connectivity index (χ1v) is 5.77. The van der Waals surface area contributed by atoms with Crippen molar-refractivity contribution in [2.45, 2.75) is 12.3 Å². The van der Waals surface area contributed by atoms with Crippen molar-refractivity contribution in [2.24, 2.45) is 5.92 Å². The minimum absolute atomic E-state index is 0.0311. The maximum absolute atomic E-state index is 11.7.